The first-order valence-electron chi connectivity index (χ1n) is 6.83. The van der Waals surface area contributed by atoms with Crippen molar-refractivity contribution in [1.82, 2.24) is 10.2 Å². The van der Waals surface area contributed by atoms with Crippen molar-refractivity contribution >= 4 is 23.6 Å². The zero-order chi connectivity index (χ0) is 17.4. The number of hydrogen-bond donors (Lipinski definition) is 2. The van der Waals surface area contributed by atoms with Gasteiger partial charge in [-0.05, 0) is 24.6 Å². The number of hydrogen-bond acceptors (Lipinski definition) is 5. The summed E-state index contributed by atoms with van der Waals surface area (Å²) < 4.78 is 13.3. The summed E-state index contributed by atoms with van der Waals surface area (Å²) in [5, 5.41) is 1.93. The van der Waals surface area contributed by atoms with Crippen LogP contribution in [0.1, 0.15) is 18.9 Å². The number of imide groups is 2. The van der Waals surface area contributed by atoms with Gasteiger partial charge in [0.1, 0.15) is 5.82 Å². The number of rotatable bonds is 4. The maximum absolute atomic E-state index is 13.3. The van der Waals surface area contributed by atoms with Gasteiger partial charge in [0.15, 0.2) is 11.7 Å². The van der Waals surface area contributed by atoms with Gasteiger partial charge in [-0.3, -0.25) is 24.6 Å². The number of amides is 4. The van der Waals surface area contributed by atoms with Gasteiger partial charge in [0.25, 0.3) is 5.91 Å². The topological polar surface area (TPSA) is 110 Å². The number of benzene rings is 1. The molecule has 1 aliphatic heterocycles. The summed E-state index contributed by atoms with van der Waals surface area (Å²) in [5.41, 5.74) is 5.15. The van der Waals surface area contributed by atoms with E-state index in [1.807, 2.05) is 5.32 Å². The second-order valence-corrected chi connectivity index (χ2v) is 5.70. The van der Waals surface area contributed by atoms with Crippen LogP contribution in [0.5, 0.6) is 0 Å². The first-order chi connectivity index (χ1) is 10.6. The Hall–Kier alpha value is -2.61. The number of barbiturate groups is 1. The Bertz CT molecular complexity index is 702. The van der Waals surface area contributed by atoms with Crippen LogP contribution in [0.4, 0.5) is 9.18 Å². The first kappa shape index (κ1) is 16.8. The number of Topliss-reactive ketones (excluding diaryl/α,β-unsaturated/α-hetero) is 1. The molecule has 0 bridgehead atoms. The molecule has 0 aromatic heterocycles. The predicted molar refractivity (Wildman–Crippen MR) is 77.4 cm³/mol. The average Bonchev–Trinajstić information content (AvgIpc) is 2.44. The molecule has 3 N–H and O–H groups in total. The van der Waals surface area contributed by atoms with Crippen molar-refractivity contribution in [2.75, 3.05) is 7.05 Å². The lowest BCUT2D eigenvalue weighted by atomic mass is 9.83. The molecule has 1 aromatic rings. The molecular weight excluding hydrogens is 305 g/mol. The van der Waals surface area contributed by atoms with Crippen molar-refractivity contribution in [2.45, 2.75) is 18.9 Å². The van der Waals surface area contributed by atoms with Crippen LogP contribution in [0, 0.1) is 11.7 Å². The van der Waals surface area contributed by atoms with Crippen molar-refractivity contribution < 1.29 is 23.6 Å². The molecule has 0 aliphatic carbocycles. The van der Waals surface area contributed by atoms with Crippen LogP contribution in [0.2, 0.25) is 0 Å². The van der Waals surface area contributed by atoms with Gasteiger partial charge in [-0.25, -0.2) is 9.18 Å². The first-order valence-corrected chi connectivity index (χ1v) is 6.83. The molecule has 7 nitrogen and oxygen atoms in total. The summed E-state index contributed by atoms with van der Waals surface area (Å²) in [4.78, 5) is 48.1. The number of carbonyl (C=O) groups excluding carboxylic acids is 4. The van der Waals surface area contributed by atoms with Gasteiger partial charge in [-0.1, -0.05) is 12.1 Å². The number of urea groups is 1. The Morgan fingerprint density at radius 3 is 2.65 bits per heavy atom. The molecule has 8 heteroatoms. The Morgan fingerprint density at radius 2 is 2.04 bits per heavy atom. The molecule has 1 aliphatic rings. The van der Waals surface area contributed by atoms with Gasteiger partial charge in [0.2, 0.25) is 5.91 Å². The summed E-state index contributed by atoms with van der Waals surface area (Å²) >= 11 is 0. The van der Waals surface area contributed by atoms with Crippen LogP contribution >= 0.6 is 0 Å². The highest BCUT2D eigenvalue weighted by Crippen LogP contribution is 2.25. The van der Waals surface area contributed by atoms with E-state index in [4.69, 9.17) is 5.73 Å². The van der Waals surface area contributed by atoms with E-state index in [-0.39, 0.29) is 6.42 Å². The van der Waals surface area contributed by atoms with E-state index in [9.17, 15) is 23.6 Å². The Labute approximate surface area is 131 Å². The largest absolute Gasteiger partial charge is 0.330 e. The number of nitrogens with one attached hydrogen (secondary N) is 1. The number of halogens is 1. The van der Waals surface area contributed by atoms with Crippen molar-refractivity contribution in [2.24, 2.45) is 11.7 Å². The maximum Gasteiger partial charge on any atom is 0.330 e. The minimum Gasteiger partial charge on any atom is -0.321 e. The molecule has 23 heavy (non-hydrogen) atoms. The van der Waals surface area contributed by atoms with Gasteiger partial charge < -0.3 is 5.73 Å². The van der Waals surface area contributed by atoms with Crippen LogP contribution in [0.25, 0.3) is 0 Å². The van der Waals surface area contributed by atoms with Crippen molar-refractivity contribution in [1.29, 1.82) is 0 Å². The summed E-state index contributed by atoms with van der Waals surface area (Å²) in [6.45, 7) is 1.50. The molecule has 1 heterocycles. The standard InChI is InChI=1S/C15H16FN3O4/c1-15(17,8-4-3-5-9(16)6-8)7-10(20)11-12(21)18-14(23)19(2)13(11)22/h3-6,11H,7,17H2,1-2H3,(H,18,21,23)/t11?,15-/m1/s1. The Morgan fingerprint density at radius 1 is 1.39 bits per heavy atom. The third-order valence-corrected chi connectivity index (χ3v) is 3.72. The SMILES string of the molecule is CN1C(=O)NC(=O)C(C(=O)C[C@@](C)(N)c2cccc(F)c2)C1=O. The number of carbonyl (C=O) groups is 4. The zero-order valence-corrected chi connectivity index (χ0v) is 12.6. The monoisotopic (exact) mass is 321 g/mol. The minimum atomic E-state index is -1.63. The van der Waals surface area contributed by atoms with Crippen molar-refractivity contribution in [3.63, 3.8) is 0 Å². The number of ketones is 1. The van der Waals surface area contributed by atoms with Crippen LogP contribution in [-0.2, 0) is 19.9 Å². The molecule has 1 unspecified atom stereocenters. The highest BCUT2D eigenvalue weighted by Gasteiger charge is 2.44. The molecule has 1 fully saturated rings. The summed E-state index contributed by atoms with van der Waals surface area (Å²) in [7, 11) is 1.17. The van der Waals surface area contributed by atoms with Gasteiger partial charge in [-0.2, -0.15) is 0 Å². The summed E-state index contributed by atoms with van der Waals surface area (Å²) in [6, 6.07) is 4.54. The molecule has 0 spiro atoms. The van der Waals surface area contributed by atoms with Crippen molar-refractivity contribution in [3.8, 4) is 0 Å². The third-order valence-electron chi connectivity index (χ3n) is 3.72. The fourth-order valence-corrected chi connectivity index (χ4v) is 2.36. The Kier molecular flexibility index (Phi) is 4.28. The summed E-state index contributed by atoms with van der Waals surface area (Å²) in [6.07, 6.45) is -0.359. The molecule has 2 atom stereocenters. The Balaban J connectivity index is 2.22. The molecule has 1 aromatic carbocycles. The van der Waals surface area contributed by atoms with E-state index in [1.54, 1.807) is 6.07 Å². The fourth-order valence-electron chi connectivity index (χ4n) is 2.36. The maximum atomic E-state index is 13.3. The normalized spacial score (nSPS) is 21.0. The van der Waals surface area contributed by atoms with E-state index in [1.165, 1.54) is 32.2 Å². The van der Waals surface area contributed by atoms with Gasteiger partial charge in [0, 0.05) is 19.0 Å². The number of nitrogens with zero attached hydrogens (tertiary/aromatic N) is 1. The van der Waals surface area contributed by atoms with Gasteiger partial charge >= 0.3 is 6.03 Å². The molecule has 4 amide bonds. The van der Waals surface area contributed by atoms with Crippen LogP contribution in [0.3, 0.4) is 0 Å². The quantitative estimate of drug-likeness (QED) is 0.774. The van der Waals surface area contributed by atoms with E-state index in [2.05, 4.69) is 0 Å². The smallest absolute Gasteiger partial charge is 0.321 e. The number of nitrogens with two attached hydrogens (primary N) is 1. The second-order valence-electron chi connectivity index (χ2n) is 5.70. The molecule has 1 saturated heterocycles. The van der Waals surface area contributed by atoms with Crippen LogP contribution in [-0.4, -0.2) is 35.6 Å². The lowest BCUT2D eigenvalue weighted by Crippen LogP contribution is -2.59. The molecule has 0 saturated carbocycles. The van der Waals surface area contributed by atoms with Gasteiger partial charge in [0.05, 0.1) is 0 Å². The molecule has 2 rings (SSSR count). The van der Waals surface area contributed by atoms with Crippen LogP contribution < -0.4 is 11.1 Å². The molecular formula is C15H16FN3O4. The summed E-state index contributed by atoms with van der Waals surface area (Å²) in [5.74, 6) is -4.75. The predicted octanol–water partition coefficient (Wildman–Crippen LogP) is 0.283. The van der Waals surface area contributed by atoms with Crippen LogP contribution in [0.15, 0.2) is 24.3 Å². The van der Waals surface area contributed by atoms with E-state index in [0.717, 1.165) is 0 Å². The average molecular weight is 321 g/mol. The molecule has 0 radical (unpaired) electrons. The van der Waals surface area contributed by atoms with Gasteiger partial charge in [-0.15, -0.1) is 0 Å². The van der Waals surface area contributed by atoms with Crippen molar-refractivity contribution in [3.05, 3.63) is 35.6 Å². The highest BCUT2D eigenvalue weighted by molar-refractivity contribution is 6.26. The lowest BCUT2D eigenvalue weighted by Gasteiger charge is -2.29. The minimum absolute atomic E-state index is 0.359. The fraction of sp³-hybridized carbons (Fsp3) is 0.333. The van der Waals surface area contributed by atoms with E-state index < -0.39 is 40.9 Å². The highest BCUT2D eigenvalue weighted by atomic mass is 19.1. The lowest BCUT2D eigenvalue weighted by molar-refractivity contribution is -0.147. The molecule has 122 valence electrons. The zero-order valence-electron chi connectivity index (χ0n) is 12.6. The third kappa shape index (κ3) is 3.26. The van der Waals surface area contributed by atoms with E-state index in [0.29, 0.717) is 10.5 Å². The van der Waals surface area contributed by atoms with E-state index >= 15 is 0 Å². The second kappa shape index (κ2) is 5.88.